The molecule has 0 spiro atoms. The molecule has 2 N–H and O–H groups in total. The lowest BCUT2D eigenvalue weighted by Gasteiger charge is -2.19. The SMILES string of the molecule is N#Cc1ccsc1NC(=O)CN(CCO)CC(F)F. The first-order valence-electron chi connectivity index (χ1n) is 5.45. The smallest absolute Gasteiger partial charge is 0.251 e. The first kappa shape index (κ1) is 15.5. The molecule has 0 aliphatic carbocycles. The molecule has 104 valence electrons. The molecular weight excluding hydrogens is 276 g/mol. The number of halogens is 2. The Bertz CT molecular complexity index is 459. The molecule has 0 saturated carbocycles. The third-order valence-corrected chi connectivity index (χ3v) is 3.05. The van der Waals surface area contributed by atoms with Crippen LogP contribution in [0.15, 0.2) is 11.4 Å². The van der Waals surface area contributed by atoms with Gasteiger partial charge in [0.25, 0.3) is 6.43 Å². The number of aliphatic hydroxyl groups is 1. The molecule has 0 fully saturated rings. The second-order valence-electron chi connectivity index (χ2n) is 3.67. The van der Waals surface area contributed by atoms with Crippen molar-refractivity contribution in [2.45, 2.75) is 6.43 Å². The first-order valence-corrected chi connectivity index (χ1v) is 6.33. The molecule has 0 aliphatic rings. The first-order chi connectivity index (χ1) is 9.06. The highest BCUT2D eigenvalue weighted by atomic mass is 32.1. The number of nitrogens with zero attached hydrogens (tertiary/aromatic N) is 2. The van der Waals surface area contributed by atoms with Crippen molar-refractivity contribution in [3.63, 3.8) is 0 Å². The molecule has 0 aliphatic heterocycles. The Labute approximate surface area is 113 Å². The third-order valence-electron chi connectivity index (χ3n) is 2.22. The number of thiophene rings is 1. The van der Waals surface area contributed by atoms with Gasteiger partial charge in [-0.05, 0) is 11.4 Å². The molecule has 1 aromatic rings. The van der Waals surface area contributed by atoms with E-state index in [9.17, 15) is 13.6 Å². The Balaban J connectivity index is 2.55. The van der Waals surface area contributed by atoms with Crippen LogP contribution < -0.4 is 5.32 Å². The maximum Gasteiger partial charge on any atom is 0.251 e. The second kappa shape index (κ2) is 7.78. The lowest BCUT2D eigenvalue weighted by molar-refractivity contribution is -0.117. The number of aliphatic hydroxyl groups excluding tert-OH is 1. The Morgan fingerprint density at radius 2 is 2.37 bits per heavy atom. The summed E-state index contributed by atoms with van der Waals surface area (Å²) in [6.45, 7) is -1.15. The van der Waals surface area contributed by atoms with Gasteiger partial charge in [0.1, 0.15) is 11.1 Å². The summed E-state index contributed by atoms with van der Waals surface area (Å²) in [5.41, 5.74) is 0.334. The number of amides is 1. The van der Waals surface area contributed by atoms with Crippen LogP contribution in [0.1, 0.15) is 5.56 Å². The van der Waals surface area contributed by atoms with Gasteiger partial charge < -0.3 is 10.4 Å². The molecule has 1 aromatic heterocycles. The van der Waals surface area contributed by atoms with E-state index in [-0.39, 0.29) is 19.7 Å². The summed E-state index contributed by atoms with van der Waals surface area (Å²) in [6, 6.07) is 3.47. The topological polar surface area (TPSA) is 76.4 Å². The van der Waals surface area contributed by atoms with Crippen LogP contribution in [-0.2, 0) is 4.79 Å². The highest BCUT2D eigenvalue weighted by molar-refractivity contribution is 7.14. The average molecular weight is 289 g/mol. The molecule has 8 heteroatoms. The fourth-order valence-electron chi connectivity index (χ4n) is 1.43. The van der Waals surface area contributed by atoms with E-state index in [0.717, 1.165) is 4.90 Å². The van der Waals surface area contributed by atoms with Gasteiger partial charge in [-0.1, -0.05) is 0 Å². The maximum absolute atomic E-state index is 12.3. The Kier molecular flexibility index (Phi) is 6.35. The van der Waals surface area contributed by atoms with E-state index in [4.69, 9.17) is 10.4 Å². The van der Waals surface area contributed by atoms with Gasteiger partial charge in [-0.3, -0.25) is 9.69 Å². The molecule has 0 bridgehead atoms. The van der Waals surface area contributed by atoms with Crippen molar-refractivity contribution < 1.29 is 18.7 Å². The van der Waals surface area contributed by atoms with E-state index < -0.39 is 18.9 Å². The van der Waals surface area contributed by atoms with Crippen molar-refractivity contribution >= 4 is 22.2 Å². The molecule has 1 amide bonds. The van der Waals surface area contributed by atoms with Gasteiger partial charge in [-0.15, -0.1) is 11.3 Å². The Hall–Kier alpha value is -1.56. The van der Waals surface area contributed by atoms with Crippen LogP contribution >= 0.6 is 11.3 Å². The van der Waals surface area contributed by atoms with E-state index in [0.29, 0.717) is 10.6 Å². The molecule has 19 heavy (non-hydrogen) atoms. The molecule has 0 unspecified atom stereocenters. The van der Waals surface area contributed by atoms with Crippen molar-refractivity contribution in [1.29, 1.82) is 5.26 Å². The van der Waals surface area contributed by atoms with Gasteiger partial charge in [0.15, 0.2) is 0 Å². The van der Waals surface area contributed by atoms with Crippen LogP contribution in [-0.4, -0.2) is 48.6 Å². The van der Waals surface area contributed by atoms with Crippen molar-refractivity contribution in [3.05, 3.63) is 17.0 Å². The van der Waals surface area contributed by atoms with Crippen molar-refractivity contribution in [2.24, 2.45) is 0 Å². The van der Waals surface area contributed by atoms with Crippen LogP contribution in [0.5, 0.6) is 0 Å². The van der Waals surface area contributed by atoms with Crippen LogP contribution in [0.3, 0.4) is 0 Å². The summed E-state index contributed by atoms with van der Waals surface area (Å²) in [6.07, 6.45) is -2.57. The highest BCUT2D eigenvalue weighted by Gasteiger charge is 2.16. The second-order valence-corrected chi connectivity index (χ2v) is 4.59. The van der Waals surface area contributed by atoms with E-state index in [1.165, 1.54) is 11.3 Å². The summed E-state index contributed by atoms with van der Waals surface area (Å²) in [5.74, 6) is -0.493. The van der Waals surface area contributed by atoms with Gasteiger partial charge >= 0.3 is 0 Å². The van der Waals surface area contributed by atoms with Gasteiger partial charge in [0.05, 0.1) is 25.3 Å². The minimum Gasteiger partial charge on any atom is -0.395 e. The van der Waals surface area contributed by atoms with E-state index in [2.05, 4.69) is 5.32 Å². The van der Waals surface area contributed by atoms with E-state index in [1.807, 2.05) is 6.07 Å². The third kappa shape index (κ3) is 5.30. The van der Waals surface area contributed by atoms with Crippen LogP contribution in [0, 0.1) is 11.3 Å². The zero-order valence-electron chi connectivity index (χ0n) is 9.97. The van der Waals surface area contributed by atoms with Crippen molar-refractivity contribution in [2.75, 3.05) is 31.6 Å². The zero-order chi connectivity index (χ0) is 14.3. The van der Waals surface area contributed by atoms with Gasteiger partial charge in [-0.2, -0.15) is 5.26 Å². The number of hydrogen-bond acceptors (Lipinski definition) is 5. The normalized spacial score (nSPS) is 10.7. The van der Waals surface area contributed by atoms with Gasteiger partial charge in [0, 0.05) is 6.54 Å². The van der Waals surface area contributed by atoms with Gasteiger partial charge in [0.2, 0.25) is 5.91 Å². The lowest BCUT2D eigenvalue weighted by Crippen LogP contribution is -2.38. The Morgan fingerprint density at radius 3 is 2.95 bits per heavy atom. The molecule has 0 aromatic carbocycles. The minimum atomic E-state index is -2.57. The number of carbonyl (C=O) groups is 1. The summed E-state index contributed by atoms with van der Waals surface area (Å²) >= 11 is 1.19. The molecule has 1 heterocycles. The monoisotopic (exact) mass is 289 g/mol. The standard InChI is InChI=1S/C11H13F2N3O2S/c12-9(13)6-16(2-3-17)7-10(18)15-11-8(5-14)1-4-19-11/h1,4,9,17H,2-3,6-7H2,(H,15,18). The number of nitriles is 1. The molecule has 0 atom stereocenters. The summed E-state index contributed by atoms with van der Waals surface area (Å²) < 4.78 is 24.5. The van der Waals surface area contributed by atoms with Crippen molar-refractivity contribution in [1.82, 2.24) is 4.90 Å². The molecule has 1 rings (SSSR count). The molecule has 0 saturated heterocycles. The number of nitrogens with one attached hydrogen (secondary N) is 1. The molecule has 0 radical (unpaired) electrons. The van der Waals surface area contributed by atoms with Crippen LogP contribution in [0.4, 0.5) is 13.8 Å². The fraction of sp³-hybridized carbons (Fsp3) is 0.455. The predicted molar refractivity (Wildman–Crippen MR) is 67.2 cm³/mol. The molecule has 5 nitrogen and oxygen atoms in total. The van der Waals surface area contributed by atoms with Crippen molar-refractivity contribution in [3.8, 4) is 6.07 Å². The van der Waals surface area contributed by atoms with E-state index in [1.54, 1.807) is 11.4 Å². The number of hydrogen-bond donors (Lipinski definition) is 2. The average Bonchev–Trinajstić information content (AvgIpc) is 2.75. The number of alkyl halides is 2. The largest absolute Gasteiger partial charge is 0.395 e. The number of anilines is 1. The highest BCUT2D eigenvalue weighted by Crippen LogP contribution is 2.21. The number of rotatable bonds is 7. The van der Waals surface area contributed by atoms with E-state index >= 15 is 0 Å². The fourth-order valence-corrected chi connectivity index (χ4v) is 2.19. The predicted octanol–water partition coefficient (Wildman–Crippen LogP) is 1.12. The molecular formula is C11H13F2N3O2S. The summed E-state index contributed by atoms with van der Waals surface area (Å²) in [5, 5.41) is 22.1. The lowest BCUT2D eigenvalue weighted by atomic mass is 10.3. The maximum atomic E-state index is 12.3. The van der Waals surface area contributed by atoms with Crippen LogP contribution in [0.2, 0.25) is 0 Å². The zero-order valence-corrected chi connectivity index (χ0v) is 10.8. The quantitative estimate of drug-likeness (QED) is 0.788. The van der Waals surface area contributed by atoms with Crippen LogP contribution in [0.25, 0.3) is 0 Å². The van der Waals surface area contributed by atoms with Gasteiger partial charge in [-0.25, -0.2) is 8.78 Å². The summed E-state index contributed by atoms with van der Waals surface area (Å²) in [7, 11) is 0. The summed E-state index contributed by atoms with van der Waals surface area (Å²) in [4.78, 5) is 12.8. The minimum absolute atomic E-state index is 0.00664. The Morgan fingerprint density at radius 1 is 1.63 bits per heavy atom. The number of carbonyl (C=O) groups excluding carboxylic acids is 1.